The Morgan fingerprint density at radius 2 is 2.21 bits per heavy atom. The van der Waals surface area contributed by atoms with Gasteiger partial charge in [0.25, 0.3) is 0 Å². The molecule has 0 fully saturated rings. The van der Waals surface area contributed by atoms with Crippen LogP contribution in [0.3, 0.4) is 0 Å². The maximum atomic E-state index is 13.7. The van der Waals surface area contributed by atoms with E-state index in [1.54, 1.807) is 16.9 Å². The fraction of sp³-hybridized carbons (Fsp3) is 0.312. The van der Waals surface area contributed by atoms with Crippen LogP contribution in [0.2, 0.25) is 0 Å². The largest absolute Gasteiger partial charge is 0.485 e. The molecule has 0 aliphatic carbocycles. The number of ether oxygens (including phenoxy) is 2. The zero-order valence-electron chi connectivity index (χ0n) is 13.1. The molecule has 0 amide bonds. The Bertz CT molecular complexity index is 873. The molecule has 0 atom stereocenters. The Morgan fingerprint density at radius 3 is 3.04 bits per heavy atom. The Labute approximate surface area is 137 Å². The van der Waals surface area contributed by atoms with Crippen molar-refractivity contribution in [3.8, 4) is 17.0 Å². The average Bonchev–Trinajstić information content (AvgIpc) is 3.19. The number of aromatic nitrogens is 5. The van der Waals surface area contributed by atoms with Crippen LogP contribution in [0.15, 0.2) is 30.5 Å². The molecule has 1 aliphatic rings. The minimum atomic E-state index is -0.354. The highest BCUT2D eigenvalue weighted by atomic mass is 19.1. The minimum Gasteiger partial charge on any atom is -0.485 e. The van der Waals surface area contributed by atoms with E-state index < -0.39 is 0 Å². The van der Waals surface area contributed by atoms with Gasteiger partial charge in [0, 0.05) is 31.4 Å². The van der Waals surface area contributed by atoms with Crippen molar-refractivity contribution < 1.29 is 13.9 Å². The zero-order valence-corrected chi connectivity index (χ0v) is 13.1. The summed E-state index contributed by atoms with van der Waals surface area (Å²) in [7, 11) is 1.83. The second kappa shape index (κ2) is 6.04. The predicted molar refractivity (Wildman–Crippen MR) is 82.6 cm³/mol. The van der Waals surface area contributed by atoms with Crippen LogP contribution >= 0.6 is 0 Å². The van der Waals surface area contributed by atoms with E-state index in [9.17, 15) is 4.39 Å². The summed E-state index contributed by atoms with van der Waals surface area (Å²) in [5, 5.41) is 12.4. The fourth-order valence-corrected chi connectivity index (χ4v) is 2.77. The first-order valence-electron chi connectivity index (χ1n) is 7.62. The smallest absolute Gasteiger partial charge is 0.171 e. The third-order valence-electron chi connectivity index (χ3n) is 3.99. The van der Waals surface area contributed by atoms with E-state index in [1.165, 1.54) is 12.1 Å². The summed E-state index contributed by atoms with van der Waals surface area (Å²) >= 11 is 0. The summed E-state index contributed by atoms with van der Waals surface area (Å²) in [4.78, 5) is 0. The standard InChI is InChI=1S/C16H16FN5O2/c1-21-13(4-5-18-21)12-3-2-11(17)8-14(12)24-10-16-20-19-15-9-23-7-6-22(15)16/h2-5,8H,6-7,9-10H2,1H3. The van der Waals surface area contributed by atoms with Crippen molar-refractivity contribution in [3.05, 3.63) is 47.9 Å². The molecular formula is C16H16FN5O2. The van der Waals surface area contributed by atoms with Crippen LogP contribution in [0.25, 0.3) is 11.3 Å². The number of halogens is 1. The van der Waals surface area contributed by atoms with Gasteiger partial charge in [0.05, 0.1) is 12.3 Å². The molecule has 24 heavy (non-hydrogen) atoms. The summed E-state index contributed by atoms with van der Waals surface area (Å²) in [5.41, 5.74) is 1.62. The number of aryl methyl sites for hydroxylation is 1. The second-order valence-corrected chi connectivity index (χ2v) is 5.51. The Hall–Kier alpha value is -2.74. The molecule has 0 spiro atoms. The van der Waals surface area contributed by atoms with E-state index in [2.05, 4.69) is 15.3 Å². The van der Waals surface area contributed by atoms with Gasteiger partial charge in [-0.2, -0.15) is 5.10 Å². The lowest BCUT2D eigenvalue weighted by Crippen LogP contribution is -2.19. The molecule has 0 radical (unpaired) electrons. The van der Waals surface area contributed by atoms with Crippen molar-refractivity contribution in [2.75, 3.05) is 6.61 Å². The Morgan fingerprint density at radius 1 is 1.29 bits per heavy atom. The highest BCUT2D eigenvalue weighted by Crippen LogP contribution is 2.31. The molecule has 0 bridgehead atoms. The van der Waals surface area contributed by atoms with E-state index in [4.69, 9.17) is 9.47 Å². The van der Waals surface area contributed by atoms with E-state index in [-0.39, 0.29) is 12.4 Å². The predicted octanol–water partition coefficient (Wildman–Crippen LogP) is 1.93. The highest BCUT2D eigenvalue weighted by Gasteiger charge is 2.17. The van der Waals surface area contributed by atoms with Crippen molar-refractivity contribution in [1.82, 2.24) is 24.5 Å². The fourth-order valence-electron chi connectivity index (χ4n) is 2.77. The maximum Gasteiger partial charge on any atom is 0.171 e. The number of hydrogen-bond donors (Lipinski definition) is 0. The number of fused-ring (bicyclic) bond motifs is 1. The molecule has 4 rings (SSSR count). The number of benzene rings is 1. The summed E-state index contributed by atoms with van der Waals surface area (Å²) in [5.74, 6) is 1.58. The van der Waals surface area contributed by atoms with Gasteiger partial charge in [-0.05, 0) is 18.2 Å². The first-order valence-corrected chi connectivity index (χ1v) is 7.62. The normalized spacial score (nSPS) is 13.8. The van der Waals surface area contributed by atoms with Gasteiger partial charge in [-0.1, -0.05) is 0 Å². The quantitative estimate of drug-likeness (QED) is 0.732. The first-order chi connectivity index (χ1) is 11.7. The summed E-state index contributed by atoms with van der Waals surface area (Å²) in [6.07, 6.45) is 1.69. The first kappa shape index (κ1) is 14.8. The molecule has 124 valence electrons. The van der Waals surface area contributed by atoms with Crippen molar-refractivity contribution >= 4 is 0 Å². The monoisotopic (exact) mass is 329 g/mol. The minimum absolute atomic E-state index is 0.210. The van der Waals surface area contributed by atoms with E-state index in [0.717, 1.165) is 17.1 Å². The maximum absolute atomic E-state index is 13.7. The highest BCUT2D eigenvalue weighted by molar-refractivity contribution is 5.67. The molecule has 0 unspecified atom stereocenters. The SMILES string of the molecule is Cn1nccc1-c1ccc(F)cc1OCc1nnc2n1CCOC2. The van der Waals surface area contributed by atoms with Crippen molar-refractivity contribution in [1.29, 1.82) is 0 Å². The van der Waals surface area contributed by atoms with Crippen LogP contribution in [-0.4, -0.2) is 31.2 Å². The third-order valence-corrected chi connectivity index (χ3v) is 3.99. The lowest BCUT2D eigenvalue weighted by molar-refractivity contribution is 0.0794. The molecule has 0 N–H and O–H groups in total. The summed E-state index contributed by atoms with van der Waals surface area (Å²) < 4.78 is 28.6. The second-order valence-electron chi connectivity index (χ2n) is 5.51. The van der Waals surface area contributed by atoms with Gasteiger partial charge in [0.2, 0.25) is 0 Å². The van der Waals surface area contributed by atoms with Crippen molar-refractivity contribution in [3.63, 3.8) is 0 Å². The van der Waals surface area contributed by atoms with Gasteiger partial charge < -0.3 is 14.0 Å². The molecule has 1 aromatic carbocycles. The summed E-state index contributed by atoms with van der Waals surface area (Å²) in [6.45, 7) is 1.98. The number of hydrogen-bond acceptors (Lipinski definition) is 5. The van der Waals surface area contributed by atoms with Crippen molar-refractivity contribution in [2.24, 2.45) is 7.05 Å². The third kappa shape index (κ3) is 2.65. The van der Waals surface area contributed by atoms with E-state index in [0.29, 0.717) is 31.3 Å². The number of nitrogens with zero attached hydrogens (tertiary/aromatic N) is 5. The zero-order chi connectivity index (χ0) is 16.5. The molecule has 0 saturated carbocycles. The van der Waals surface area contributed by atoms with Gasteiger partial charge in [-0.15, -0.1) is 10.2 Å². The topological polar surface area (TPSA) is 67.0 Å². The van der Waals surface area contributed by atoms with Gasteiger partial charge in [-0.3, -0.25) is 4.68 Å². The van der Waals surface area contributed by atoms with E-state index in [1.807, 2.05) is 17.7 Å². The average molecular weight is 329 g/mol. The molecule has 2 aromatic heterocycles. The van der Waals surface area contributed by atoms with Gasteiger partial charge in [0.1, 0.15) is 24.8 Å². The van der Waals surface area contributed by atoms with Gasteiger partial charge in [0.15, 0.2) is 11.6 Å². The molecule has 3 aromatic rings. The molecule has 1 aliphatic heterocycles. The molecular weight excluding hydrogens is 313 g/mol. The lowest BCUT2D eigenvalue weighted by Gasteiger charge is -2.16. The van der Waals surface area contributed by atoms with Crippen LogP contribution < -0.4 is 4.74 Å². The van der Waals surface area contributed by atoms with Crippen LogP contribution in [0.1, 0.15) is 11.6 Å². The Kier molecular flexibility index (Phi) is 3.73. The molecule has 0 saturated heterocycles. The summed E-state index contributed by atoms with van der Waals surface area (Å²) in [6, 6.07) is 6.33. The van der Waals surface area contributed by atoms with E-state index >= 15 is 0 Å². The molecule has 8 heteroatoms. The number of rotatable bonds is 4. The van der Waals surface area contributed by atoms with Crippen molar-refractivity contribution in [2.45, 2.75) is 19.8 Å². The van der Waals surface area contributed by atoms with Gasteiger partial charge >= 0.3 is 0 Å². The van der Waals surface area contributed by atoms with Crippen LogP contribution in [-0.2, 0) is 31.5 Å². The Balaban J connectivity index is 1.62. The molecule has 3 heterocycles. The van der Waals surface area contributed by atoms with Crippen LogP contribution in [0, 0.1) is 5.82 Å². The van der Waals surface area contributed by atoms with Crippen LogP contribution in [0.4, 0.5) is 4.39 Å². The van der Waals surface area contributed by atoms with Crippen LogP contribution in [0.5, 0.6) is 5.75 Å². The van der Waals surface area contributed by atoms with Gasteiger partial charge in [-0.25, -0.2) is 4.39 Å². The molecule has 7 nitrogen and oxygen atoms in total. The lowest BCUT2D eigenvalue weighted by atomic mass is 10.1.